The first kappa shape index (κ1) is 19.6. The predicted octanol–water partition coefficient (Wildman–Crippen LogP) is 2.45. The van der Waals surface area contributed by atoms with E-state index in [9.17, 15) is 13.2 Å². The van der Waals surface area contributed by atoms with E-state index in [1.807, 2.05) is 0 Å². The third kappa shape index (κ3) is 5.65. The monoisotopic (exact) mass is 417 g/mol. The molecule has 0 aliphatic rings. The van der Waals surface area contributed by atoms with Gasteiger partial charge in [0, 0.05) is 12.1 Å². The molecule has 0 aromatic heterocycles. The molecule has 0 radical (unpaired) electrons. The number of hydrogen-bond acceptors (Lipinski definition) is 4. The molecule has 4 N–H and O–H groups in total. The van der Waals surface area contributed by atoms with Gasteiger partial charge in [0.25, 0.3) is 5.91 Å². The first-order chi connectivity index (χ1) is 11.7. The van der Waals surface area contributed by atoms with Gasteiger partial charge in [-0.2, -0.15) is 0 Å². The number of sulfonamides is 1. The van der Waals surface area contributed by atoms with E-state index in [0.717, 1.165) is 5.56 Å². The van der Waals surface area contributed by atoms with Crippen molar-refractivity contribution in [2.45, 2.75) is 11.4 Å². The molecule has 0 atom stereocenters. The topological polar surface area (TPSA) is 101 Å². The Morgan fingerprint density at radius 3 is 2.28 bits per heavy atom. The lowest BCUT2D eigenvalue weighted by atomic mass is 10.2. The summed E-state index contributed by atoms with van der Waals surface area (Å²) in [5, 5.41) is 11.1. The van der Waals surface area contributed by atoms with Crippen molar-refractivity contribution in [3.63, 3.8) is 0 Å². The molecule has 0 saturated heterocycles. The molecule has 2 aromatic carbocycles. The minimum absolute atomic E-state index is 0.0201. The molecule has 2 rings (SSSR count). The van der Waals surface area contributed by atoms with Gasteiger partial charge >= 0.3 is 0 Å². The van der Waals surface area contributed by atoms with Crippen molar-refractivity contribution >= 4 is 56.5 Å². The predicted molar refractivity (Wildman–Crippen MR) is 101 cm³/mol. The van der Waals surface area contributed by atoms with E-state index in [0.29, 0.717) is 17.1 Å². The van der Waals surface area contributed by atoms with Crippen molar-refractivity contribution < 1.29 is 13.2 Å². The number of nitrogens with two attached hydrogens (primary N) is 1. The first-order valence-electron chi connectivity index (χ1n) is 6.83. The number of carbonyl (C=O) groups is 1. The lowest BCUT2D eigenvalue weighted by Gasteiger charge is -2.10. The number of benzene rings is 2. The van der Waals surface area contributed by atoms with Crippen molar-refractivity contribution in [1.82, 2.24) is 10.6 Å². The Morgan fingerprint density at radius 2 is 1.72 bits per heavy atom. The zero-order chi connectivity index (χ0) is 18.6. The number of nitrogens with one attached hydrogen (secondary N) is 2. The van der Waals surface area contributed by atoms with Crippen molar-refractivity contribution in [3.8, 4) is 0 Å². The number of rotatable bonds is 4. The maximum atomic E-state index is 12.1. The van der Waals surface area contributed by atoms with E-state index >= 15 is 0 Å². The summed E-state index contributed by atoms with van der Waals surface area (Å²) in [7, 11) is -3.73. The molecule has 0 aliphatic carbocycles. The Labute approximate surface area is 160 Å². The second kappa shape index (κ2) is 8.11. The third-order valence-corrected chi connectivity index (χ3v) is 5.03. The minimum Gasteiger partial charge on any atom is -0.358 e. The Balaban J connectivity index is 1.92. The fraction of sp³-hybridized carbons (Fsp3) is 0.0667. The molecule has 132 valence electrons. The van der Waals surface area contributed by atoms with Crippen molar-refractivity contribution in [1.29, 1.82) is 0 Å². The summed E-state index contributed by atoms with van der Waals surface area (Å²) in [5.41, 5.74) is 1.08. The van der Waals surface area contributed by atoms with Gasteiger partial charge < -0.3 is 5.32 Å². The normalized spacial score (nSPS) is 11.0. The fourth-order valence-corrected chi connectivity index (χ4v) is 2.81. The number of thiocarbonyl (C=S) groups is 1. The van der Waals surface area contributed by atoms with Gasteiger partial charge in [-0.15, -0.1) is 0 Å². The van der Waals surface area contributed by atoms with Crippen LogP contribution in [0.3, 0.4) is 0 Å². The zero-order valence-corrected chi connectivity index (χ0v) is 15.8. The molecule has 0 spiro atoms. The quantitative estimate of drug-likeness (QED) is 0.663. The third-order valence-electron chi connectivity index (χ3n) is 3.11. The van der Waals surface area contributed by atoms with E-state index in [1.54, 1.807) is 12.1 Å². The highest BCUT2D eigenvalue weighted by Gasteiger charge is 2.10. The van der Waals surface area contributed by atoms with E-state index in [2.05, 4.69) is 10.6 Å². The van der Waals surface area contributed by atoms with E-state index in [4.69, 9.17) is 40.6 Å². The van der Waals surface area contributed by atoms with Crippen LogP contribution in [0.25, 0.3) is 0 Å². The molecule has 0 saturated carbocycles. The molecule has 0 heterocycles. The summed E-state index contributed by atoms with van der Waals surface area (Å²) >= 11 is 16.7. The molecule has 0 aliphatic heterocycles. The van der Waals surface area contributed by atoms with Gasteiger partial charge in [0.05, 0.1) is 14.9 Å². The summed E-state index contributed by atoms with van der Waals surface area (Å²) < 4.78 is 22.4. The van der Waals surface area contributed by atoms with Crippen LogP contribution in [0.4, 0.5) is 0 Å². The minimum atomic E-state index is -3.73. The summed E-state index contributed by atoms with van der Waals surface area (Å²) in [6.07, 6.45) is 0. The van der Waals surface area contributed by atoms with Crippen LogP contribution in [0.2, 0.25) is 10.0 Å². The number of halogens is 2. The van der Waals surface area contributed by atoms with Crippen LogP contribution in [0.15, 0.2) is 47.4 Å². The molecule has 0 bridgehead atoms. The van der Waals surface area contributed by atoms with Crippen LogP contribution in [-0.4, -0.2) is 19.4 Å². The molecule has 0 fully saturated rings. The molecular weight excluding hydrogens is 405 g/mol. The standard InChI is InChI=1S/C15H13Cl2N3O3S2/c16-12-6-3-10(7-13(12)17)14(21)20-15(24)19-8-9-1-4-11(5-2-9)25(18,22)23/h1-7H,8H2,(H2,18,22,23)(H2,19,20,21,24). The first-order valence-corrected chi connectivity index (χ1v) is 9.54. The number of amides is 1. The summed E-state index contributed by atoms with van der Waals surface area (Å²) in [6.45, 7) is 0.297. The SMILES string of the molecule is NS(=O)(=O)c1ccc(CNC(=S)NC(=O)c2ccc(Cl)c(Cl)c2)cc1. The highest BCUT2D eigenvalue weighted by Crippen LogP contribution is 2.22. The summed E-state index contributed by atoms with van der Waals surface area (Å²) in [4.78, 5) is 12.1. The highest BCUT2D eigenvalue weighted by atomic mass is 35.5. The van der Waals surface area contributed by atoms with Gasteiger partial charge in [-0.1, -0.05) is 35.3 Å². The van der Waals surface area contributed by atoms with Crippen molar-refractivity contribution in [2.24, 2.45) is 5.14 Å². The van der Waals surface area contributed by atoms with E-state index < -0.39 is 15.9 Å². The van der Waals surface area contributed by atoms with Gasteiger partial charge in [-0.05, 0) is 48.1 Å². The summed E-state index contributed by atoms with van der Waals surface area (Å²) in [5.74, 6) is -0.430. The molecule has 2 aromatic rings. The highest BCUT2D eigenvalue weighted by molar-refractivity contribution is 7.89. The number of primary sulfonamides is 1. The van der Waals surface area contributed by atoms with Crippen LogP contribution in [0.1, 0.15) is 15.9 Å². The molecule has 1 amide bonds. The van der Waals surface area contributed by atoms with E-state index in [1.165, 1.54) is 30.3 Å². The second-order valence-corrected chi connectivity index (χ2v) is 7.74. The summed E-state index contributed by atoms with van der Waals surface area (Å²) in [6, 6.07) is 10.5. The zero-order valence-electron chi connectivity index (χ0n) is 12.6. The molecule has 10 heteroatoms. The Morgan fingerprint density at radius 1 is 1.08 bits per heavy atom. The smallest absolute Gasteiger partial charge is 0.257 e. The largest absolute Gasteiger partial charge is 0.358 e. The van der Waals surface area contributed by atoms with Gasteiger partial charge in [-0.25, -0.2) is 13.6 Å². The Kier molecular flexibility index (Phi) is 6.36. The lowest BCUT2D eigenvalue weighted by Crippen LogP contribution is -2.38. The maximum absolute atomic E-state index is 12.1. The Hall–Kier alpha value is -1.71. The lowest BCUT2D eigenvalue weighted by molar-refractivity contribution is 0.0976. The van der Waals surface area contributed by atoms with Crippen LogP contribution in [0.5, 0.6) is 0 Å². The van der Waals surface area contributed by atoms with Crippen LogP contribution >= 0.6 is 35.4 Å². The molecular formula is C15H13Cl2N3O3S2. The molecule has 6 nitrogen and oxygen atoms in total. The van der Waals surface area contributed by atoms with Gasteiger partial charge in [-0.3, -0.25) is 10.1 Å². The number of hydrogen-bond donors (Lipinski definition) is 3. The van der Waals surface area contributed by atoms with Crippen molar-refractivity contribution in [3.05, 3.63) is 63.6 Å². The molecule has 25 heavy (non-hydrogen) atoms. The maximum Gasteiger partial charge on any atom is 0.257 e. The average molecular weight is 418 g/mol. The van der Waals surface area contributed by atoms with Gasteiger partial charge in [0.2, 0.25) is 10.0 Å². The van der Waals surface area contributed by atoms with Crippen molar-refractivity contribution in [2.75, 3.05) is 0 Å². The second-order valence-electron chi connectivity index (χ2n) is 4.95. The van der Waals surface area contributed by atoms with Crippen LogP contribution < -0.4 is 15.8 Å². The molecule has 0 unspecified atom stereocenters. The number of carbonyl (C=O) groups excluding carboxylic acids is 1. The average Bonchev–Trinajstić information content (AvgIpc) is 2.55. The van der Waals surface area contributed by atoms with E-state index in [-0.39, 0.29) is 15.0 Å². The van der Waals surface area contributed by atoms with Crippen LogP contribution in [0, 0.1) is 0 Å². The van der Waals surface area contributed by atoms with Gasteiger partial charge in [0.15, 0.2) is 5.11 Å². The Bertz CT molecular complexity index is 916. The van der Waals surface area contributed by atoms with Crippen LogP contribution in [-0.2, 0) is 16.6 Å². The van der Waals surface area contributed by atoms with Gasteiger partial charge in [0.1, 0.15) is 0 Å². The fourth-order valence-electron chi connectivity index (χ4n) is 1.84.